The Hall–Kier alpha value is -2.83. The number of fused-ring (bicyclic) bond motifs is 1. The zero-order valence-electron chi connectivity index (χ0n) is 16.9. The highest BCUT2D eigenvalue weighted by Crippen LogP contribution is 2.31. The molecular weight excluding hydrogens is 362 g/mol. The third-order valence-corrected chi connectivity index (χ3v) is 4.46. The quantitative estimate of drug-likeness (QED) is 0.672. The Morgan fingerprint density at radius 1 is 1.21 bits per heavy atom. The Balaban J connectivity index is 2.38. The Morgan fingerprint density at radius 3 is 2.46 bits per heavy atom. The number of hydrogen-bond acceptors (Lipinski definition) is 5. The van der Waals surface area contributed by atoms with Crippen LogP contribution in [0.1, 0.15) is 45.2 Å². The summed E-state index contributed by atoms with van der Waals surface area (Å²) in [6.07, 6.45) is 0.569. The monoisotopic (exact) mass is 389 g/mol. The molecule has 2 N–H and O–H groups in total. The van der Waals surface area contributed by atoms with Gasteiger partial charge in [0.05, 0.1) is 5.39 Å². The minimum absolute atomic E-state index is 0.265. The van der Waals surface area contributed by atoms with E-state index in [4.69, 9.17) is 9.15 Å². The number of benzene rings is 1. The van der Waals surface area contributed by atoms with Gasteiger partial charge in [-0.25, -0.2) is 9.59 Å². The van der Waals surface area contributed by atoms with Crippen LogP contribution in [-0.2, 0) is 16.0 Å². The molecule has 0 saturated carbocycles. The zero-order chi connectivity index (χ0) is 21.0. The molecule has 1 amide bonds. The molecule has 0 saturated heterocycles. The number of carboxylic acids is 1. The number of aliphatic carboxylic acids is 1. The van der Waals surface area contributed by atoms with Crippen molar-refractivity contribution in [2.75, 3.05) is 0 Å². The molecule has 0 radical (unpaired) electrons. The third-order valence-electron chi connectivity index (χ3n) is 4.46. The first-order valence-corrected chi connectivity index (χ1v) is 9.41. The Bertz CT molecular complexity index is 930. The van der Waals surface area contributed by atoms with Gasteiger partial charge < -0.3 is 19.6 Å². The number of aryl methyl sites for hydroxylation is 2. The molecule has 7 heteroatoms. The molecule has 1 aromatic heterocycles. The van der Waals surface area contributed by atoms with Crippen LogP contribution in [0.5, 0.6) is 5.75 Å². The Morgan fingerprint density at radius 2 is 1.89 bits per heavy atom. The lowest BCUT2D eigenvalue weighted by atomic mass is 10.0. The van der Waals surface area contributed by atoms with Crippen LogP contribution in [0.15, 0.2) is 27.4 Å². The van der Waals surface area contributed by atoms with E-state index in [1.54, 1.807) is 32.9 Å². The molecule has 152 valence electrons. The van der Waals surface area contributed by atoms with Gasteiger partial charge in [-0.1, -0.05) is 27.2 Å². The van der Waals surface area contributed by atoms with Crippen LogP contribution < -0.4 is 15.7 Å². The van der Waals surface area contributed by atoms with Crippen LogP contribution in [0.25, 0.3) is 11.0 Å². The largest absolute Gasteiger partial charge is 0.480 e. The van der Waals surface area contributed by atoms with Crippen LogP contribution in [0.3, 0.4) is 0 Å². The summed E-state index contributed by atoms with van der Waals surface area (Å²) in [5.74, 6) is -1.45. The summed E-state index contributed by atoms with van der Waals surface area (Å²) >= 11 is 0. The van der Waals surface area contributed by atoms with Gasteiger partial charge in [-0.05, 0) is 49.4 Å². The van der Waals surface area contributed by atoms with Crippen molar-refractivity contribution >= 4 is 22.8 Å². The maximum Gasteiger partial charge on any atom is 0.336 e. The number of carboxylic acid groups (broad SMARTS) is 1. The lowest BCUT2D eigenvalue weighted by molar-refractivity contribution is -0.144. The fraction of sp³-hybridized carbons (Fsp3) is 0.476. The fourth-order valence-electron chi connectivity index (χ4n) is 3.06. The average Bonchev–Trinajstić information content (AvgIpc) is 2.57. The van der Waals surface area contributed by atoms with Gasteiger partial charge in [0, 0.05) is 6.07 Å². The standard InChI is InChI=1S/C21H27NO6/c1-6-7-14-10-17(23)28-16-9-12(4)8-15(18(14)16)27-13(5)20(24)22-19(11(2)3)21(25)26/h8-11,13,19H,6-7H2,1-5H3,(H,22,24)(H,25,26)/t13-,19-/m0/s1. The van der Waals surface area contributed by atoms with Gasteiger partial charge in [0.1, 0.15) is 17.4 Å². The minimum atomic E-state index is -1.09. The highest BCUT2D eigenvalue weighted by molar-refractivity contribution is 5.89. The molecule has 0 unspecified atom stereocenters. The molecule has 1 heterocycles. The average molecular weight is 389 g/mol. The zero-order valence-corrected chi connectivity index (χ0v) is 16.9. The van der Waals surface area contributed by atoms with Crippen molar-refractivity contribution in [1.82, 2.24) is 5.32 Å². The normalized spacial score (nSPS) is 13.4. The molecule has 0 fully saturated rings. The van der Waals surface area contributed by atoms with E-state index in [1.165, 1.54) is 6.07 Å². The third kappa shape index (κ3) is 4.91. The lowest BCUT2D eigenvalue weighted by Gasteiger charge is -2.22. The van der Waals surface area contributed by atoms with E-state index >= 15 is 0 Å². The van der Waals surface area contributed by atoms with Gasteiger partial charge in [-0.2, -0.15) is 0 Å². The number of carbonyl (C=O) groups is 2. The second-order valence-corrected chi connectivity index (χ2v) is 7.31. The van der Waals surface area contributed by atoms with E-state index in [0.29, 0.717) is 23.1 Å². The van der Waals surface area contributed by atoms with Crippen LogP contribution in [0.2, 0.25) is 0 Å². The first kappa shape index (κ1) is 21.5. The summed E-state index contributed by atoms with van der Waals surface area (Å²) in [5.41, 5.74) is 1.59. The smallest absolute Gasteiger partial charge is 0.336 e. The second kappa shape index (κ2) is 8.91. The number of carbonyl (C=O) groups excluding carboxylic acids is 1. The van der Waals surface area contributed by atoms with Crippen molar-refractivity contribution in [3.8, 4) is 5.75 Å². The van der Waals surface area contributed by atoms with E-state index in [0.717, 1.165) is 17.5 Å². The van der Waals surface area contributed by atoms with Gasteiger partial charge in [0.2, 0.25) is 0 Å². The Labute approximate surface area is 163 Å². The summed E-state index contributed by atoms with van der Waals surface area (Å²) in [7, 11) is 0. The van der Waals surface area contributed by atoms with Gasteiger partial charge in [0.15, 0.2) is 6.10 Å². The molecule has 0 aliphatic rings. The van der Waals surface area contributed by atoms with Crippen molar-refractivity contribution in [3.63, 3.8) is 0 Å². The van der Waals surface area contributed by atoms with E-state index in [9.17, 15) is 19.5 Å². The molecule has 7 nitrogen and oxygen atoms in total. The predicted octanol–water partition coefficient (Wildman–Crippen LogP) is 3.05. The van der Waals surface area contributed by atoms with Crippen LogP contribution in [0.4, 0.5) is 0 Å². The number of nitrogens with one attached hydrogen (secondary N) is 1. The summed E-state index contributed by atoms with van der Waals surface area (Å²) in [6.45, 7) is 8.84. The molecule has 2 rings (SSSR count). The van der Waals surface area contributed by atoms with Gasteiger partial charge >= 0.3 is 11.6 Å². The maximum atomic E-state index is 12.5. The highest BCUT2D eigenvalue weighted by atomic mass is 16.5. The summed E-state index contributed by atoms with van der Waals surface area (Å²) in [5, 5.41) is 12.4. The van der Waals surface area contributed by atoms with Crippen LogP contribution in [0, 0.1) is 12.8 Å². The number of hydrogen-bond donors (Lipinski definition) is 2. The van der Waals surface area contributed by atoms with Crippen molar-refractivity contribution in [2.45, 2.75) is 59.6 Å². The second-order valence-electron chi connectivity index (χ2n) is 7.31. The molecule has 0 spiro atoms. The topological polar surface area (TPSA) is 106 Å². The van der Waals surface area contributed by atoms with Crippen molar-refractivity contribution in [3.05, 3.63) is 39.7 Å². The van der Waals surface area contributed by atoms with Crippen molar-refractivity contribution in [1.29, 1.82) is 0 Å². The van der Waals surface area contributed by atoms with Gasteiger partial charge in [-0.15, -0.1) is 0 Å². The lowest BCUT2D eigenvalue weighted by Crippen LogP contribution is -2.48. The molecule has 0 aliphatic heterocycles. The van der Waals surface area contributed by atoms with Crippen LogP contribution >= 0.6 is 0 Å². The van der Waals surface area contributed by atoms with E-state index in [-0.39, 0.29) is 5.92 Å². The van der Waals surface area contributed by atoms with E-state index in [2.05, 4.69) is 5.32 Å². The summed E-state index contributed by atoms with van der Waals surface area (Å²) in [4.78, 5) is 35.7. The molecule has 2 aromatic rings. The van der Waals surface area contributed by atoms with E-state index in [1.807, 2.05) is 13.8 Å². The maximum absolute atomic E-state index is 12.5. The van der Waals surface area contributed by atoms with Crippen molar-refractivity contribution in [2.24, 2.45) is 5.92 Å². The Kier molecular flexibility index (Phi) is 6.83. The molecule has 28 heavy (non-hydrogen) atoms. The minimum Gasteiger partial charge on any atom is -0.480 e. The molecule has 0 aliphatic carbocycles. The van der Waals surface area contributed by atoms with Crippen molar-refractivity contribution < 1.29 is 23.8 Å². The highest BCUT2D eigenvalue weighted by Gasteiger charge is 2.27. The first-order valence-electron chi connectivity index (χ1n) is 9.41. The fourth-order valence-corrected chi connectivity index (χ4v) is 3.06. The number of rotatable bonds is 8. The van der Waals surface area contributed by atoms with E-state index < -0.39 is 29.6 Å². The first-order chi connectivity index (χ1) is 13.1. The van der Waals surface area contributed by atoms with Gasteiger partial charge in [-0.3, -0.25) is 4.79 Å². The molecule has 2 atom stereocenters. The molecular formula is C21H27NO6. The molecule has 0 bridgehead atoms. The molecule has 1 aromatic carbocycles. The predicted molar refractivity (Wildman–Crippen MR) is 106 cm³/mol. The number of ether oxygens (including phenoxy) is 1. The van der Waals surface area contributed by atoms with Crippen LogP contribution in [-0.4, -0.2) is 29.1 Å². The van der Waals surface area contributed by atoms with Gasteiger partial charge in [0.25, 0.3) is 5.91 Å². The summed E-state index contributed by atoms with van der Waals surface area (Å²) < 4.78 is 11.2. The SMILES string of the molecule is CCCc1cc(=O)oc2cc(C)cc(O[C@@H](C)C(=O)N[C@H](C(=O)O)C(C)C)c12. The summed E-state index contributed by atoms with van der Waals surface area (Å²) in [6, 6.07) is 3.98. The number of amides is 1.